The quantitative estimate of drug-likeness (QED) is 0.676. The molecule has 5 heteroatoms. The summed E-state index contributed by atoms with van der Waals surface area (Å²) >= 11 is 0. The first kappa shape index (κ1) is 16.7. The Labute approximate surface area is 146 Å². The van der Waals surface area contributed by atoms with Crippen LogP contribution in [0, 0.1) is 11.3 Å². The molecule has 1 heterocycles. The number of fused-ring (bicyclic) bond motifs is 1. The molecule has 5 nitrogen and oxygen atoms in total. The van der Waals surface area contributed by atoms with Gasteiger partial charge in [0, 0.05) is 19.5 Å². The molecule has 0 unspecified atom stereocenters. The Morgan fingerprint density at radius 2 is 1.96 bits per heavy atom. The van der Waals surface area contributed by atoms with Gasteiger partial charge in [-0.15, -0.1) is 0 Å². The lowest BCUT2D eigenvalue weighted by molar-refractivity contribution is -0.121. The van der Waals surface area contributed by atoms with Crippen molar-refractivity contribution in [2.75, 3.05) is 6.54 Å². The van der Waals surface area contributed by atoms with Crippen LogP contribution in [0.4, 0.5) is 0 Å². The molecule has 1 aromatic heterocycles. The molecule has 3 aromatic rings. The standard InChI is InChI=1S/C20H20N4O/c21-14-17-8-6-16(7-9-17)10-11-20(25)22-12-3-13-24-15-23-18-4-1-2-5-19(18)24/h1-2,4-9,15H,3,10-13H2,(H,22,25). The van der Waals surface area contributed by atoms with E-state index >= 15 is 0 Å². The number of carbonyl (C=O) groups excluding carboxylic acids is 1. The Bertz CT molecular complexity index is 890. The lowest BCUT2D eigenvalue weighted by Crippen LogP contribution is -2.25. The monoisotopic (exact) mass is 332 g/mol. The number of amides is 1. The molecule has 0 saturated carbocycles. The fourth-order valence-corrected chi connectivity index (χ4v) is 2.76. The van der Waals surface area contributed by atoms with E-state index in [0.29, 0.717) is 24.9 Å². The number of aromatic nitrogens is 2. The van der Waals surface area contributed by atoms with Crippen LogP contribution in [0.15, 0.2) is 54.9 Å². The first-order chi connectivity index (χ1) is 12.3. The summed E-state index contributed by atoms with van der Waals surface area (Å²) in [5.41, 5.74) is 3.82. The van der Waals surface area contributed by atoms with E-state index in [2.05, 4.69) is 27.0 Å². The van der Waals surface area contributed by atoms with Crippen LogP contribution in [0.1, 0.15) is 24.0 Å². The van der Waals surface area contributed by atoms with Crippen molar-refractivity contribution in [1.29, 1.82) is 5.26 Å². The topological polar surface area (TPSA) is 70.7 Å². The molecule has 0 saturated heterocycles. The van der Waals surface area contributed by atoms with Gasteiger partial charge < -0.3 is 9.88 Å². The van der Waals surface area contributed by atoms with Crippen LogP contribution < -0.4 is 5.32 Å². The molecule has 0 bridgehead atoms. The van der Waals surface area contributed by atoms with Crippen LogP contribution in [-0.2, 0) is 17.8 Å². The van der Waals surface area contributed by atoms with Gasteiger partial charge in [-0.05, 0) is 42.7 Å². The van der Waals surface area contributed by atoms with Crippen molar-refractivity contribution in [3.05, 3.63) is 66.0 Å². The summed E-state index contributed by atoms with van der Waals surface area (Å²) < 4.78 is 2.11. The zero-order valence-corrected chi connectivity index (χ0v) is 14.0. The van der Waals surface area contributed by atoms with E-state index in [9.17, 15) is 4.79 Å². The summed E-state index contributed by atoms with van der Waals surface area (Å²) in [5, 5.41) is 11.7. The smallest absolute Gasteiger partial charge is 0.220 e. The van der Waals surface area contributed by atoms with Gasteiger partial charge >= 0.3 is 0 Å². The second-order valence-corrected chi connectivity index (χ2v) is 5.94. The maximum atomic E-state index is 11.9. The van der Waals surface area contributed by atoms with Gasteiger partial charge in [-0.2, -0.15) is 5.26 Å². The first-order valence-electron chi connectivity index (χ1n) is 8.42. The number of nitriles is 1. The third-order valence-corrected chi connectivity index (χ3v) is 4.15. The molecule has 2 aromatic carbocycles. The highest BCUT2D eigenvalue weighted by Crippen LogP contribution is 2.12. The van der Waals surface area contributed by atoms with Gasteiger partial charge in [0.1, 0.15) is 0 Å². The Morgan fingerprint density at radius 3 is 2.76 bits per heavy atom. The summed E-state index contributed by atoms with van der Waals surface area (Å²) in [5.74, 6) is 0.0554. The lowest BCUT2D eigenvalue weighted by Gasteiger charge is -2.07. The Morgan fingerprint density at radius 1 is 1.16 bits per heavy atom. The van der Waals surface area contributed by atoms with Crippen molar-refractivity contribution < 1.29 is 4.79 Å². The van der Waals surface area contributed by atoms with Crippen LogP contribution in [0.25, 0.3) is 11.0 Å². The predicted octanol–water partition coefficient (Wildman–Crippen LogP) is 3.05. The highest BCUT2D eigenvalue weighted by Gasteiger charge is 2.04. The van der Waals surface area contributed by atoms with Crippen molar-refractivity contribution in [3.8, 4) is 6.07 Å². The Hall–Kier alpha value is -3.13. The average Bonchev–Trinajstić information content (AvgIpc) is 3.07. The number of aryl methyl sites for hydroxylation is 2. The summed E-state index contributed by atoms with van der Waals surface area (Å²) in [7, 11) is 0. The second-order valence-electron chi connectivity index (χ2n) is 5.94. The molecule has 1 amide bonds. The molecular weight excluding hydrogens is 312 g/mol. The van der Waals surface area contributed by atoms with E-state index in [-0.39, 0.29) is 5.91 Å². The minimum absolute atomic E-state index is 0.0554. The van der Waals surface area contributed by atoms with E-state index in [4.69, 9.17) is 5.26 Å². The molecule has 0 spiro atoms. The fraction of sp³-hybridized carbons (Fsp3) is 0.250. The highest BCUT2D eigenvalue weighted by atomic mass is 16.1. The maximum Gasteiger partial charge on any atom is 0.220 e. The van der Waals surface area contributed by atoms with Gasteiger partial charge in [-0.25, -0.2) is 4.98 Å². The van der Waals surface area contributed by atoms with Gasteiger partial charge in [0.05, 0.1) is 29.0 Å². The van der Waals surface area contributed by atoms with Gasteiger partial charge in [-0.1, -0.05) is 24.3 Å². The van der Waals surface area contributed by atoms with Gasteiger partial charge in [-0.3, -0.25) is 4.79 Å². The third-order valence-electron chi connectivity index (χ3n) is 4.15. The highest BCUT2D eigenvalue weighted by molar-refractivity contribution is 5.76. The number of hydrogen-bond donors (Lipinski definition) is 1. The van der Waals surface area contributed by atoms with Crippen molar-refractivity contribution in [2.45, 2.75) is 25.8 Å². The van der Waals surface area contributed by atoms with Crippen molar-refractivity contribution in [1.82, 2.24) is 14.9 Å². The molecule has 1 N–H and O–H groups in total. The van der Waals surface area contributed by atoms with E-state index in [1.807, 2.05) is 36.7 Å². The van der Waals surface area contributed by atoms with Crippen LogP contribution in [0.3, 0.4) is 0 Å². The van der Waals surface area contributed by atoms with Gasteiger partial charge in [0.25, 0.3) is 0 Å². The largest absolute Gasteiger partial charge is 0.356 e. The minimum atomic E-state index is 0.0554. The maximum absolute atomic E-state index is 11.9. The number of carbonyl (C=O) groups is 1. The van der Waals surface area contributed by atoms with Crippen LogP contribution in [-0.4, -0.2) is 22.0 Å². The van der Waals surface area contributed by atoms with Gasteiger partial charge in [0.2, 0.25) is 5.91 Å². The van der Waals surface area contributed by atoms with Crippen molar-refractivity contribution in [3.63, 3.8) is 0 Å². The van der Waals surface area contributed by atoms with Crippen LogP contribution in [0.2, 0.25) is 0 Å². The fourth-order valence-electron chi connectivity index (χ4n) is 2.76. The molecule has 0 aliphatic heterocycles. The summed E-state index contributed by atoms with van der Waals surface area (Å²) in [6.07, 6.45) is 3.85. The van der Waals surface area contributed by atoms with Crippen molar-refractivity contribution >= 4 is 16.9 Å². The normalized spacial score (nSPS) is 10.5. The molecule has 0 atom stereocenters. The minimum Gasteiger partial charge on any atom is -0.356 e. The predicted molar refractivity (Wildman–Crippen MR) is 96.8 cm³/mol. The zero-order valence-electron chi connectivity index (χ0n) is 14.0. The molecule has 0 radical (unpaired) electrons. The Balaban J connectivity index is 1.38. The van der Waals surface area contributed by atoms with Crippen LogP contribution >= 0.6 is 0 Å². The number of imidazole rings is 1. The molecule has 3 rings (SSSR count). The third kappa shape index (κ3) is 4.45. The van der Waals surface area contributed by atoms with E-state index in [0.717, 1.165) is 29.6 Å². The average molecular weight is 332 g/mol. The summed E-state index contributed by atoms with van der Waals surface area (Å²) in [4.78, 5) is 16.3. The van der Waals surface area contributed by atoms with E-state index in [1.165, 1.54) is 0 Å². The van der Waals surface area contributed by atoms with Crippen molar-refractivity contribution in [2.24, 2.45) is 0 Å². The van der Waals surface area contributed by atoms with Crippen LogP contribution in [0.5, 0.6) is 0 Å². The molecular formula is C20H20N4O. The number of nitrogens with one attached hydrogen (secondary N) is 1. The molecule has 25 heavy (non-hydrogen) atoms. The Kier molecular flexibility index (Phi) is 5.43. The first-order valence-corrected chi connectivity index (χ1v) is 8.42. The number of para-hydroxylation sites is 2. The van der Waals surface area contributed by atoms with E-state index in [1.54, 1.807) is 12.1 Å². The molecule has 0 fully saturated rings. The number of rotatable bonds is 7. The second kappa shape index (κ2) is 8.11. The molecule has 0 aliphatic carbocycles. The SMILES string of the molecule is N#Cc1ccc(CCC(=O)NCCCn2cnc3ccccc32)cc1. The summed E-state index contributed by atoms with van der Waals surface area (Å²) in [6.45, 7) is 1.48. The number of hydrogen-bond acceptors (Lipinski definition) is 3. The van der Waals surface area contributed by atoms with Gasteiger partial charge in [0.15, 0.2) is 0 Å². The molecule has 126 valence electrons. The zero-order chi connectivity index (χ0) is 17.5. The number of benzene rings is 2. The van der Waals surface area contributed by atoms with E-state index < -0.39 is 0 Å². The lowest BCUT2D eigenvalue weighted by atomic mass is 10.1. The molecule has 0 aliphatic rings. The number of nitrogens with zero attached hydrogens (tertiary/aromatic N) is 3. The summed E-state index contributed by atoms with van der Waals surface area (Å²) in [6, 6.07) is 17.5.